The maximum Gasteiger partial charge on any atom is 0.0430 e. The molecule has 2 aromatic carbocycles. The van der Waals surface area contributed by atoms with Crippen molar-refractivity contribution in [3.63, 3.8) is 0 Å². The molecule has 0 fully saturated rings. The minimum atomic E-state index is 0.667. The number of anilines is 1. The van der Waals surface area contributed by atoms with Crippen molar-refractivity contribution < 1.29 is 0 Å². The zero-order valence-corrected chi connectivity index (χ0v) is 11.8. The summed E-state index contributed by atoms with van der Waals surface area (Å²) in [6, 6.07) is 17.1. The molecule has 0 saturated heterocycles. The lowest BCUT2D eigenvalue weighted by molar-refractivity contribution is 0.786. The number of nitrogens with two attached hydrogens (primary N) is 1. The molecule has 19 heavy (non-hydrogen) atoms. The first kappa shape index (κ1) is 13.6. The molecule has 0 saturated carbocycles. The van der Waals surface area contributed by atoms with Crippen LogP contribution in [-0.2, 0) is 6.54 Å². The third kappa shape index (κ3) is 3.58. The van der Waals surface area contributed by atoms with Crippen LogP contribution in [0.15, 0.2) is 48.5 Å². The Morgan fingerprint density at radius 3 is 2.42 bits per heavy atom. The van der Waals surface area contributed by atoms with Gasteiger partial charge in [0, 0.05) is 25.3 Å². The molecule has 2 heteroatoms. The van der Waals surface area contributed by atoms with Gasteiger partial charge in [0.05, 0.1) is 0 Å². The van der Waals surface area contributed by atoms with Gasteiger partial charge in [-0.1, -0.05) is 42.5 Å². The summed E-state index contributed by atoms with van der Waals surface area (Å²) in [5, 5.41) is 0. The van der Waals surface area contributed by atoms with E-state index in [-0.39, 0.29) is 0 Å². The minimum absolute atomic E-state index is 0.667. The number of nitrogens with zero attached hydrogens (tertiary/aromatic N) is 1. The first-order chi connectivity index (χ1) is 9.20. The minimum Gasteiger partial charge on any atom is -0.366 e. The molecule has 0 heterocycles. The van der Waals surface area contributed by atoms with Gasteiger partial charge in [0.2, 0.25) is 0 Å². The molecule has 0 unspecified atom stereocenters. The third-order valence-corrected chi connectivity index (χ3v) is 3.32. The topological polar surface area (TPSA) is 29.3 Å². The molecule has 2 aromatic rings. The molecule has 2 N–H and O–H groups in total. The number of hydrogen-bond acceptors (Lipinski definition) is 2. The van der Waals surface area contributed by atoms with E-state index >= 15 is 0 Å². The summed E-state index contributed by atoms with van der Waals surface area (Å²) in [6.07, 6.45) is 0. The lowest BCUT2D eigenvalue weighted by Gasteiger charge is -2.26. The van der Waals surface area contributed by atoms with Crippen molar-refractivity contribution in [1.82, 2.24) is 0 Å². The molecule has 2 nitrogen and oxygen atoms in total. The van der Waals surface area contributed by atoms with Gasteiger partial charge in [-0.2, -0.15) is 0 Å². The first-order valence-electron chi connectivity index (χ1n) is 6.77. The lowest BCUT2D eigenvalue weighted by atomic mass is 10.1. The standard InChI is InChI=1S/C17H22N2/c1-14-8-9-15(2)17(12-14)19(11-10-18)13-16-6-4-3-5-7-16/h3-9,12H,10-11,13,18H2,1-2H3. The Kier molecular flexibility index (Phi) is 4.58. The average molecular weight is 254 g/mol. The highest BCUT2D eigenvalue weighted by atomic mass is 15.1. The summed E-state index contributed by atoms with van der Waals surface area (Å²) in [6.45, 7) is 6.73. The SMILES string of the molecule is Cc1ccc(C)c(N(CCN)Cc2ccccc2)c1. The van der Waals surface area contributed by atoms with Crippen LogP contribution in [0, 0.1) is 13.8 Å². The van der Waals surface area contributed by atoms with Crippen molar-refractivity contribution in [2.75, 3.05) is 18.0 Å². The molecular weight excluding hydrogens is 232 g/mol. The molecule has 0 aliphatic rings. The fourth-order valence-corrected chi connectivity index (χ4v) is 2.30. The van der Waals surface area contributed by atoms with Gasteiger partial charge in [-0.3, -0.25) is 0 Å². The van der Waals surface area contributed by atoms with Crippen molar-refractivity contribution in [3.8, 4) is 0 Å². The molecular formula is C17H22N2. The van der Waals surface area contributed by atoms with Crippen molar-refractivity contribution in [2.24, 2.45) is 5.73 Å². The van der Waals surface area contributed by atoms with Crippen molar-refractivity contribution in [3.05, 3.63) is 65.2 Å². The number of aryl methyl sites for hydroxylation is 2. The molecule has 0 aliphatic carbocycles. The Bertz CT molecular complexity index is 520. The van der Waals surface area contributed by atoms with Crippen LogP contribution in [0.25, 0.3) is 0 Å². The maximum absolute atomic E-state index is 5.77. The van der Waals surface area contributed by atoms with E-state index in [9.17, 15) is 0 Å². The summed E-state index contributed by atoms with van der Waals surface area (Å²) in [5.74, 6) is 0. The Balaban J connectivity index is 2.27. The van der Waals surface area contributed by atoms with E-state index in [1.165, 1.54) is 22.4 Å². The van der Waals surface area contributed by atoms with Gasteiger partial charge in [0.25, 0.3) is 0 Å². The molecule has 0 spiro atoms. The van der Waals surface area contributed by atoms with Crippen LogP contribution in [0.2, 0.25) is 0 Å². The van der Waals surface area contributed by atoms with E-state index in [1.54, 1.807) is 0 Å². The summed E-state index contributed by atoms with van der Waals surface area (Å²) >= 11 is 0. The Labute approximate surface area is 115 Å². The van der Waals surface area contributed by atoms with Crippen LogP contribution >= 0.6 is 0 Å². The van der Waals surface area contributed by atoms with E-state index in [4.69, 9.17) is 5.73 Å². The van der Waals surface area contributed by atoms with Crippen molar-refractivity contribution in [1.29, 1.82) is 0 Å². The van der Waals surface area contributed by atoms with E-state index < -0.39 is 0 Å². The largest absolute Gasteiger partial charge is 0.366 e. The molecule has 0 atom stereocenters. The highest BCUT2D eigenvalue weighted by molar-refractivity contribution is 5.55. The fraction of sp³-hybridized carbons (Fsp3) is 0.294. The van der Waals surface area contributed by atoms with Gasteiger partial charge < -0.3 is 10.6 Å². The van der Waals surface area contributed by atoms with Crippen LogP contribution in [0.5, 0.6) is 0 Å². The third-order valence-electron chi connectivity index (χ3n) is 3.32. The van der Waals surface area contributed by atoms with Gasteiger partial charge in [0.1, 0.15) is 0 Å². The van der Waals surface area contributed by atoms with Crippen LogP contribution in [0.4, 0.5) is 5.69 Å². The van der Waals surface area contributed by atoms with E-state index in [0.29, 0.717) is 6.54 Å². The normalized spacial score (nSPS) is 10.5. The zero-order chi connectivity index (χ0) is 13.7. The number of hydrogen-bond donors (Lipinski definition) is 1. The summed E-state index contributed by atoms with van der Waals surface area (Å²) in [7, 11) is 0. The molecule has 2 rings (SSSR count). The lowest BCUT2D eigenvalue weighted by Crippen LogP contribution is -2.29. The van der Waals surface area contributed by atoms with Gasteiger partial charge in [-0.25, -0.2) is 0 Å². The average Bonchev–Trinajstić information content (AvgIpc) is 2.42. The van der Waals surface area contributed by atoms with E-state index in [2.05, 4.69) is 67.3 Å². The maximum atomic E-state index is 5.77. The van der Waals surface area contributed by atoms with Gasteiger partial charge in [-0.05, 0) is 36.6 Å². The second kappa shape index (κ2) is 6.39. The molecule has 0 amide bonds. The van der Waals surface area contributed by atoms with Gasteiger partial charge in [-0.15, -0.1) is 0 Å². The second-order valence-electron chi connectivity index (χ2n) is 4.99. The fourth-order valence-electron chi connectivity index (χ4n) is 2.30. The highest BCUT2D eigenvalue weighted by Crippen LogP contribution is 2.23. The number of benzene rings is 2. The smallest absolute Gasteiger partial charge is 0.0430 e. The molecule has 0 bridgehead atoms. The van der Waals surface area contributed by atoms with E-state index in [0.717, 1.165) is 13.1 Å². The summed E-state index contributed by atoms with van der Waals surface area (Å²) < 4.78 is 0. The highest BCUT2D eigenvalue weighted by Gasteiger charge is 2.09. The monoisotopic (exact) mass is 254 g/mol. The summed E-state index contributed by atoms with van der Waals surface area (Å²) in [4.78, 5) is 2.36. The van der Waals surface area contributed by atoms with Crippen molar-refractivity contribution >= 4 is 5.69 Å². The first-order valence-corrected chi connectivity index (χ1v) is 6.77. The Morgan fingerprint density at radius 2 is 1.74 bits per heavy atom. The predicted octanol–water partition coefficient (Wildman–Crippen LogP) is 3.27. The molecule has 100 valence electrons. The van der Waals surface area contributed by atoms with Gasteiger partial charge >= 0.3 is 0 Å². The predicted molar refractivity (Wildman–Crippen MR) is 82.5 cm³/mol. The number of rotatable bonds is 5. The Morgan fingerprint density at radius 1 is 1.00 bits per heavy atom. The molecule has 0 radical (unpaired) electrons. The molecule has 0 aromatic heterocycles. The Hall–Kier alpha value is -1.80. The van der Waals surface area contributed by atoms with Gasteiger partial charge in [0.15, 0.2) is 0 Å². The molecule has 0 aliphatic heterocycles. The zero-order valence-electron chi connectivity index (χ0n) is 11.8. The van der Waals surface area contributed by atoms with Crippen LogP contribution in [0.3, 0.4) is 0 Å². The van der Waals surface area contributed by atoms with Crippen molar-refractivity contribution in [2.45, 2.75) is 20.4 Å². The summed E-state index contributed by atoms with van der Waals surface area (Å²) in [5.41, 5.74) is 11.0. The van der Waals surface area contributed by atoms with Crippen LogP contribution in [0.1, 0.15) is 16.7 Å². The van der Waals surface area contributed by atoms with E-state index in [1.807, 2.05) is 0 Å². The van der Waals surface area contributed by atoms with Crippen LogP contribution in [-0.4, -0.2) is 13.1 Å². The second-order valence-corrected chi connectivity index (χ2v) is 4.99. The quantitative estimate of drug-likeness (QED) is 0.887. The van der Waals surface area contributed by atoms with Crippen LogP contribution < -0.4 is 10.6 Å².